The first-order valence-corrected chi connectivity index (χ1v) is 8.37. The highest BCUT2D eigenvalue weighted by Crippen LogP contribution is 2.25. The van der Waals surface area contributed by atoms with Crippen molar-refractivity contribution in [2.24, 2.45) is 5.16 Å². The predicted octanol–water partition coefficient (Wildman–Crippen LogP) is 3.46. The Morgan fingerprint density at radius 3 is 2.84 bits per heavy atom. The number of oxime groups is 1. The monoisotopic (exact) mass is 363 g/mol. The van der Waals surface area contributed by atoms with Gasteiger partial charge in [-0.1, -0.05) is 16.8 Å². The van der Waals surface area contributed by atoms with Crippen LogP contribution in [-0.2, 0) is 9.63 Å². The van der Waals surface area contributed by atoms with E-state index < -0.39 is 0 Å². The summed E-state index contributed by atoms with van der Waals surface area (Å²) in [5.74, 6) is -0.0771. The average Bonchev–Trinajstić information content (AvgIpc) is 2.99. The van der Waals surface area contributed by atoms with Crippen molar-refractivity contribution < 1.29 is 9.63 Å². The van der Waals surface area contributed by atoms with Gasteiger partial charge in [-0.3, -0.25) is 9.78 Å². The number of hydrogen-bond acceptors (Lipinski definition) is 5. The Labute approximate surface area is 152 Å². The van der Waals surface area contributed by atoms with E-state index in [0.29, 0.717) is 18.5 Å². The Morgan fingerprint density at radius 2 is 2.20 bits per heavy atom. The van der Waals surface area contributed by atoms with Gasteiger partial charge in [-0.15, -0.1) is 0 Å². The summed E-state index contributed by atoms with van der Waals surface area (Å²) in [6.45, 7) is 5.64. The molecule has 25 heavy (non-hydrogen) atoms. The van der Waals surface area contributed by atoms with Gasteiger partial charge in [0.15, 0.2) is 5.15 Å². The van der Waals surface area contributed by atoms with Crippen LogP contribution in [0, 0.1) is 0 Å². The average molecular weight is 364 g/mol. The second kappa shape index (κ2) is 8.62. The topological polar surface area (TPSA) is 72.6 Å². The number of carbonyl (C=O) groups excluding carboxylic acids is 1. The van der Waals surface area contributed by atoms with Crippen LogP contribution < -0.4 is 4.90 Å². The summed E-state index contributed by atoms with van der Waals surface area (Å²) >= 11 is 6.19. The van der Waals surface area contributed by atoms with E-state index in [0.717, 1.165) is 11.4 Å². The van der Waals surface area contributed by atoms with Gasteiger partial charge in [0, 0.05) is 19.7 Å². The third kappa shape index (κ3) is 5.29. The number of pyridine rings is 1. The van der Waals surface area contributed by atoms with Crippen LogP contribution in [0.4, 0.5) is 5.69 Å². The number of amides is 1. The summed E-state index contributed by atoms with van der Waals surface area (Å²) in [6.07, 6.45) is 5.90. The fourth-order valence-electron chi connectivity index (χ4n) is 2.02. The zero-order valence-electron chi connectivity index (χ0n) is 14.8. The summed E-state index contributed by atoms with van der Waals surface area (Å²) in [4.78, 5) is 23.1. The molecule has 0 atom stereocenters. The highest BCUT2D eigenvalue weighted by molar-refractivity contribution is 6.32. The van der Waals surface area contributed by atoms with Crippen molar-refractivity contribution in [1.29, 1.82) is 0 Å². The first kappa shape index (κ1) is 18.9. The molecule has 0 saturated carbocycles. The SMILES string of the molecule is CC(CCC(=O)N(C)c1cn(-c2cccnc2)nc1Cl)=NOC(C)C. The number of rotatable bonds is 7. The Hall–Kier alpha value is -2.41. The molecule has 0 aliphatic heterocycles. The van der Waals surface area contributed by atoms with E-state index in [9.17, 15) is 4.79 Å². The van der Waals surface area contributed by atoms with Gasteiger partial charge in [0.25, 0.3) is 0 Å². The van der Waals surface area contributed by atoms with Crippen molar-refractivity contribution in [2.45, 2.75) is 39.7 Å². The summed E-state index contributed by atoms with van der Waals surface area (Å²) in [7, 11) is 1.68. The summed E-state index contributed by atoms with van der Waals surface area (Å²) in [5, 5.41) is 8.48. The van der Waals surface area contributed by atoms with Gasteiger partial charge < -0.3 is 9.74 Å². The maximum Gasteiger partial charge on any atom is 0.227 e. The first-order chi connectivity index (χ1) is 11.9. The normalized spacial score (nSPS) is 11.7. The minimum atomic E-state index is -0.0771. The fraction of sp³-hybridized carbons (Fsp3) is 0.412. The maximum atomic E-state index is 12.4. The van der Waals surface area contributed by atoms with E-state index in [4.69, 9.17) is 16.4 Å². The summed E-state index contributed by atoms with van der Waals surface area (Å²) < 4.78 is 1.59. The minimum Gasteiger partial charge on any atom is -0.393 e. The van der Waals surface area contributed by atoms with Gasteiger partial charge >= 0.3 is 0 Å². The molecule has 134 valence electrons. The zero-order chi connectivity index (χ0) is 18.4. The lowest BCUT2D eigenvalue weighted by atomic mass is 10.2. The number of nitrogens with zero attached hydrogens (tertiary/aromatic N) is 5. The van der Waals surface area contributed by atoms with Gasteiger partial charge in [0.05, 0.1) is 23.8 Å². The van der Waals surface area contributed by atoms with Crippen molar-refractivity contribution in [3.63, 3.8) is 0 Å². The zero-order valence-corrected chi connectivity index (χ0v) is 15.6. The molecule has 7 nitrogen and oxygen atoms in total. The summed E-state index contributed by atoms with van der Waals surface area (Å²) in [5.41, 5.74) is 2.08. The molecule has 0 radical (unpaired) electrons. The predicted molar refractivity (Wildman–Crippen MR) is 98.3 cm³/mol. The molecule has 0 spiro atoms. The van der Waals surface area contributed by atoms with E-state index in [1.807, 2.05) is 26.8 Å². The van der Waals surface area contributed by atoms with Crippen molar-refractivity contribution in [1.82, 2.24) is 14.8 Å². The lowest BCUT2D eigenvalue weighted by molar-refractivity contribution is -0.118. The minimum absolute atomic E-state index is 0.0189. The molecule has 0 saturated heterocycles. The molecule has 0 aromatic carbocycles. The molecular weight excluding hydrogens is 342 g/mol. The number of halogens is 1. The Morgan fingerprint density at radius 1 is 1.44 bits per heavy atom. The van der Waals surface area contributed by atoms with Crippen LogP contribution >= 0.6 is 11.6 Å². The largest absolute Gasteiger partial charge is 0.393 e. The molecule has 0 unspecified atom stereocenters. The molecule has 0 fully saturated rings. The van der Waals surface area contributed by atoms with Crippen LogP contribution in [-0.4, -0.2) is 39.5 Å². The third-order valence-corrected chi connectivity index (χ3v) is 3.69. The molecule has 0 aliphatic carbocycles. The molecule has 0 bridgehead atoms. The Bertz CT molecular complexity index is 743. The molecule has 0 aliphatic rings. The fourth-order valence-corrected chi connectivity index (χ4v) is 2.28. The molecule has 8 heteroatoms. The van der Waals surface area contributed by atoms with E-state index in [2.05, 4.69) is 15.2 Å². The van der Waals surface area contributed by atoms with E-state index in [1.54, 1.807) is 36.4 Å². The van der Waals surface area contributed by atoms with Crippen molar-refractivity contribution in [3.05, 3.63) is 35.9 Å². The second-order valence-electron chi connectivity index (χ2n) is 5.89. The number of anilines is 1. The first-order valence-electron chi connectivity index (χ1n) is 8.00. The molecule has 0 N–H and O–H groups in total. The van der Waals surface area contributed by atoms with Gasteiger partial charge in [-0.25, -0.2) is 4.68 Å². The maximum absolute atomic E-state index is 12.4. The van der Waals surface area contributed by atoms with E-state index in [1.165, 1.54) is 4.90 Å². The van der Waals surface area contributed by atoms with Crippen LogP contribution in [0.25, 0.3) is 5.69 Å². The lowest BCUT2D eigenvalue weighted by Gasteiger charge is -2.15. The molecule has 2 heterocycles. The number of carbonyl (C=O) groups is 1. The van der Waals surface area contributed by atoms with Crippen LogP contribution in [0.2, 0.25) is 5.15 Å². The van der Waals surface area contributed by atoms with Crippen LogP contribution in [0.1, 0.15) is 33.6 Å². The van der Waals surface area contributed by atoms with Gasteiger partial charge in [-0.05, 0) is 39.3 Å². The highest BCUT2D eigenvalue weighted by atomic mass is 35.5. The quantitative estimate of drug-likeness (QED) is 0.557. The smallest absolute Gasteiger partial charge is 0.227 e. The second-order valence-corrected chi connectivity index (χ2v) is 6.25. The molecule has 2 aromatic rings. The van der Waals surface area contributed by atoms with Crippen molar-refractivity contribution >= 4 is 28.9 Å². The van der Waals surface area contributed by atoms with Crippen LogP contribution in [0.5, 0.6) is 0 Å². The van der Waals surface area contributed by atoms with E-state index in [-0.39, 0.29) is 17.2 Å². The standard InChI is InChI=1S/C17H22ClN5O2/c1-12(2)25-21-13(3)7-8-16(24)22(4)15-11-23(20-17(15)18)14-6-5-9-19-10-14/h5-6,9-12H,7-8H2,1-4H3. The molecule has 2 rings (SSSR count). The molecule has 1 amide bonds. The van der Waals surface area contributed by atoms with Crippen molar-refractivity contribution in [3.8, 4) is 5.69 Å². The number of aromatic nitrogens is 3. The summed E-state index contributed by atoms with van der Waals surface area (Å²) in [6, 6.07) is 3.66. The third-order valence-electron chi connectivity index (χ3n) is 3.42. The highest BCUT2D eigenvalue weighted by Gasteiger charge is 2.18. The Balaban J connectivity index is 2.02. The number of hydrogen-bond donors (Lipinski definition) is 0. The van der Waals surface area contributed by atoms with Crippen LogP contribution in [0.15, 0.2) is 35.9 Å². The van der Waals surface area contributed by atoms with Gasteiger partial charge in [-0.2, -0.15) is 5.10 Å². The van der Waals surface area contributed by atoms with Gasteiger partial charge in [0.1, 0.15) is 11.8 Å². The lowest BCUT2D eigenvalue weighted by Crippen LogP contribution is -2.26. The van der Waals surface area contributed by atoms with Gasteiger partial charge in [0.2, 0.25) is 5.91 Å². The Kier molecular flexibility index (Phi) is 6.52. The molecular formula is C17H22ClN5O2. The molecule has 2 aromatic heterocycles. The van der Waals surface area contributed by atoms with Crippen LogP contribution in [0.3, 0.4) is 0 Å². The van der Waals surface area contributed by atoms with E-state index >= 15 is 0 Å². The van der Waals surface area contributed by atoms with Crippen molar-refractivity contribution in [2.75, 3.05) is 11.9 Å².